The minimum Gasteiger partial charge on any atom is -0.480 e. The molecule has 3 N–H and O–H groups in total. The molecule has 1 saturated carbocycles. The lowest BCUT2D eigenvalue weighted by atomic mass is 9.77. The summed E-state index contributed by atoms with van der Waals surface area (Å²) in [6, 6.07) is -0.435. The second-order valence-corrected chi connectivity index (χ2v) is 5.33. The van der Waals surface area contributed by atoms with Crippen LogP contribution in [0.2, 0.25) is 0 Å². The Morgan fingerprint density at radius 3 is 2.39 bits per heavy atom. The number of aliphatic carboxylic acids is 1. The van der Waals surface area contributed by atoms with Gasteiger partial charge in [-0.15, -0.1) is 0 Å². The Kier molecular flexibility index (Phi) is 4.76. The Balaban J connectivity index is 2.60. The fourth-order valence-electron chi connectivity index (χ4n) is 2.14. The molecule has 102 valence electrons. The summed E-state index contributed by atoms with van der Waals surface area (Å²) < 4.78 is 0. The average Bonchev–Trinajstić information content (AvgIpc) is 2.29. The summed E-state index contributed by atoms with van der Waals surface area (Å²) in [5, 5.41) is 14.6. The molecule has 0 bridgehead atoms. The van der Waals surface area contributed by atoms with Gasteiger partial charge in [0.15, 0.2) is 0 Å². The first-order valence-corrected chi connectivity index (χ1v) is 6.29. The van der Waals surface area contributed by atoms with Gasteiger partial charge in [0, 0.05) is 6.54 Å². The van der Waals surface area contributed by atoms with Gasteiger partial charge in [0.05, 0.1) is 0 Å². The zero-order valence-corrected chi connectivity index (χ0v) is 11.1. The summed E-state index contributed by atoms with van der Waals surface area (Å²) in [5.41, 5.74) is -0.280. The van der Waals surface area contributed by atoms with E-state index in [9.17, 15) is 14.7 Å². The van der Waals surface area contributed by atoms with Crippen molar-refractivity contribution in [2.45, 2.75) is 45.1 Å². The van der Waals surface area contributed by atoms with Crippen LogP contribution in [0.4, 0.5) is 4.79 Å². The first-order chi connectivity index (χ1) is 8.35. The van der Waals surface area contributed by atoms with Gasteiger partial charge in [0.2, 0.25) is 0 Å². The standard InChI is InChI=1S/C13H22N2O3/c1-9(2)8-14-12(18)15-13(11(16)17)6-4-10(3)5-7-13/h10H,1,4-8H2,2-3H3,(H,16,17)(H2,14,15,18). The van der Waals surface area contributed by atoms with Crippen LogP contribution < -0.4 is 10.6 Å². The SMILES string of the molecule is C=C(C)CNC(=O)NC1(C(=O)O)CCC(C)CC1. The van der Waals surface area contributed by atoms with Crippen molar-refractivity contribution in [2.24, 2.45) is 5.92 Å². The van der Waals surface area contributed by atoms with Gasteiger partial charge >= 0.3 is 12.0 Å². The van der Waals surface area contributed by atoms with Crippen molar-refractivity contribution >= 4 is 12.0 Å². The lowest BCUT2D eigenvalue weighted by Gasteiger charge is -2.36. The molecular weight excluding hydrogens is 232 g/mol. The molecule has 0 aromatic carbocycles. The third kappa shape index (κ3) is 3.75. The maximum absolute atomic E-state index is 11.7. The number of urea groups is 1. The molecule has 5 nitrogen and oxygen atoms in total. The maximum Gasteiger partial charge on any atom is 0.329 e. The lowest BCUT2D eigenvalue weighted by Crippen LogP contribution is -2.58. The molecule has 0 aromatic heterocycles. The number of carbonyl (C=O) groups is 2. The third-order valence-corrected chi connectivity index (χ3v) is 3.44. The van der Waals surface area contributed by atoms with Crippen LogP contribution in [0, 0.1) is 5.92 Å². The number of nitrogens with one attached hydrogen (secondary N) is 2. The maximum atomic E-state index is 11.7. The molecule has 1 rings (SSSR count). The summed E-state index contributed by atoms with van der Waals surface area (Å²) in [4.78, 5) is 23.1. The number of hydrogen-bond donors (Lipinski definition) is 3. The van der Waals surface area contributed by atoms with Crippen molar-refractivity contribution in [3.8, 4) is 0 Å². The molecule has 0 saturated heterocycles. The van der Waals surface area contributed by atoms with Crippen molar-refractivity contribution in [1.29, 1.82) is 0 Å². The quantitative estimate of drug-likeness (QED) is 0.670. The molecule has 1 aliphatic carbocycles. The average molecular weight is 254 g/mol. The van der Waals surface area contributed by atoms with E-state index in [1.165, 1.54) is 0 Å². The lowest BCUT2D eigenvalue weighted by molar-refractivity contribution is -0.146. The van der Waals surface area contributed by atoms with Gasteiger partial charge in [-0.2, -0.15) is 0 Å². The van der Waals surface area contributed by atoms with Gasteiger partial charge in [-0.05, 0) is 38.5 Å². The van der Waals surface area contributed by atoms with Gasteiger partial charge in [-0.1, -0.05) is 19.1 Å². The first-order valence-electron chi connectivity index (χ1n) is 6.29. The fourth-order valence-corrected chi connectivity index (χ4v) is 2.14. The molecule has 0 aromatic rings. The molecule has 0 spiro atoms. The highest BCUT2D eigenvalue weighted by Gasteiger charge is 2.42. The molecule has 1 fully saturated rings. The van der Waals surface area contributed by atoms with Gasteiger partial charge in [0.1, 0.15) is 5.54 Å². The number of amides is 2. The van der Waals surface area contributed by atoms with Gasteiger partial charge < -0.3 is 15.7 Å². The zero-order chi connectivity index (χ0) is 13.8. The van der Waals surface area contributed by atoms with E-state index in [1.54, 1.807) is 6.92 Å². The monoisotopic (exact) mass is 254 g/mol. The number of carboxylic acid groups (broad SMARTS) is 1. The minimum atomic E-state index is -1.11. The van der Waals surface area contributed by atoms with Gasteiger partial charge in [-0.3, -0.25) is 0 Å². The van der Waals surface area contributed by atoms with Crippen molar-refractivity contribution in [3.63, 3.8) is 0 Å². The van der Waals surface area contributed by atoms with Gasteiger partial charge in [0.25, 0.3) is 0 Å². The van der Waals surface area contributed by atoms with Crippen molar-refractivity contribution in [3.05, 3.63) is 12.2 Å². The van der Waals surface area contributed by atoms with E-state index in [-0.39, 0.29) is 0 Å². The highest BCUT2D eigenvalue weighted by atomic mass is 16.4. The molecule has 18 heavy (non-hydrogen) atoms. The first kappa shape index (κ1) is 14.5. The van der Waals surface area contributed by atoms with Gasteiger partial charge in [-0.25, -0.2) is 9.59 Å². The molecule has 0 unspecified atom stereocenters. The van der Waals surface area contributed by atoms with Crippen LogP contribution in [-0.2, 0) is 4.79 Å². The summed E-state index contributed by atoms with van der Waals surface area (Å²) in [6.45, 7) is 7.94. The van der Waals surface area contributed by atoms with Crippen LogP contribution in [0.3, 0.4) is 0 Å². The number of rotatable bonds is 4. The molecule has 5 heteroatoms. The van der Waals surface area contributed by atoms with Crippen molar-refractivity contribution < 1.29 is 14.7 Å². The Hall–Kier alpha value is -1.52. The summed E-state index contributed by atoms with van der Waals surface area (Å²) in [7, 11) is 0. The number of carbonyl (C=O) groups excluding carboxylic acids is 1. The van der Waals surface area contributed by atoms with Crippen molar-refractivity contribution in [1.82, 2.24) is 10.6 Å². The Labute approximate surface area is 108 Å². The predicted octanol–water partition coefficient (Wildman–Crippen LogP) is 1.90. The molecular formula is C13H22N2O3. The summed E-state index contributed by atoms with van der Waals surface area (Å²) in [5.74, 6) is -0.419. The number of carboxylic acids is 1. The molecule has 0 radical (unpaired) electrons. The molecule has 2 amide bonds. The fraction of sp³-hybridized carbons (Fsp3) is 0.692. The highest BCUT2D eigenvalue weighted by molar-refractivity contribution is 5.86. The van der Waals surface area contributed by atoms with E-state index >= 15 is 0 Å². The summed E-state index contributed by atoms with van der Waals surface area (Å²) >= 11 is 0. The van der Waals surface area contributed by atoms with E-state index in [0.717, 1.165) is 18.4 Å². The minimum absolute atomic E-state index is 0.359. The van der Waals surface area contributed by atoms with E-state index < -0.39 is 17.5 Å². The molecule has 0 atom stereocenters. The van der Waals surface area contributed by atoms with Crippen LogP contribution in [0.5, 0.6) is 0 Å². The third-order valence-electron chi connectivity index (χ3n) is 3.44. The van der Waals surface area contributed by atoms with Crippen molar-refractivity contribution in [2.75, 3.05) is 6.54 Å². The zero-order valence-electron chi connectivity index (χ0n) is 11.1. The normalized spacial score (nSPS) is 27.3. The van der Waals surface area contributed by atoms with E-state index in [2.05, 4.69) is 24.1 Å². The number of hydrogen-bond acceptors (Lipinski definition) is 2. The van der Waals surface area contributed by atoms with Crippen LogP contribution in [-0.4, -0.2) is 29.2 Å². The van der Waals surface area contributed by atoms with E-state index in [0.29, 0.717) is 25.3 Å². The predicted molar refractivity (Wildman–Crippen MR) is 69.3 cm³/mol. The summed E-state index contributed by atoms with van der Waals surface area (Å²) in [6.07, 6.45) is 2.63. The van der Waals surface area contributed by atoms with Crippen LogP contribution in [0.15, 0.2) is 12.2 Å². The van der Waals surface area contributed by atoms with E-state index in [1.807, 2.05) is 0 Å². The Morgan fingerprint density at radius 1 is 1.39 bits per heavy atom. The van der Waals surface area contributed by atoms with E-state index in [4.69, 9.17) is 0 Å². The van der Waals surface area contributed by atoms with Crippen LogP contribution in [0.1, 0.15) is 39.5 Å². The Bertz CT molecular complexity index is 344. The second-order valence-electron chi connectivity index (χ2n) is 5.33. The molecule has 0 aliphatic heterocycles. The molecule has 0 heterocycles. The second kappa shape index (κ2) is 5.89. The topological polar surface area (TPSA) is 78.4 Å². The Morgan fingerprint density at radius 2 is 1.94 bits per heavy atom. The highest BCUT2D eigenvalue weighted by Crippen LogP contribution is 2.32. The van der Waals surface area contributed by atoms with Crippen LogP contribution in [0.25, 0.3) is 0 Å². The smallest absolute Gasteiger partial charge is 0.329 e. The van der Waals surface area contributed by atoms with Crippen LogP contribution >= 0.6 is 0 Å². The molecule has 1 aliphatic rings. The largest absolute Gasteiger partial charge is 0.480 e.